The van der Waals surface area contributed by atoms with Crippen LogP contribution in [0.15, 0.2) is 0 Å². The van der Waals surface area contributed by atoms with Crippen molar-refractivity contribution in [2.75, 3.05) is 13.3 Å². The Labute approximate surface area is 48.5 Å². The van der Waals surface area contributed by atoms with E-state index >= 15 is 0 Å². The first kappa shape index (κ1) is 6.02. The highest BCUT2D eigenvalue weighted by molar-refractivity contribution is 4.80. The molecule has 1 atom stereocenters. The molecule has 0 aromatic heterocycles. The normalized spacial score (nSPS) is 23.2. The fourth-order valence-electron chi connectivity index (χ4n) is 0.891. The Kier molecular flexibility index (Phi) is 1.84. The Morgan fingerprint density at radius 3 is 2.38 bits per heavy atom. The quantitative estimate of drug-likeness (QED) is 0.585. The number of hydrogen-bond donors (Lipinski definition) is 1. The maximum atomic E-state index is 11.8. The van der Waals surface area contributed by atoms with Crippen LogP contribution in [0.3, 0.4) is 0 Å². The van der Waals surface area contributed by atoms with E-state index in [0.717, 1.165) is 12.8 Å². The predicted molar refractivity (Wildman–Crippen MR) is 29.3 cm³/mol. The molecule has 0 bridgehead atoms. The number of aliphatic hydroxyl groups is 1. The standard InChI is InChI=1S/C6H11FO/c7-3-6(4-8)5-1-2-5/h5-6,8H,1-4H2. The van der Waals surface area contributed by atoms with Gasteiger partial charge in [0.05, 0.1) is 6.67 Å². The second-order valence-electron chi connectivity index (χ2n) is 2.43. The molecule has 0 aromatic carbocycles. The molecular weight excluding hydrogens is 107 g/mol. The lowest BCUT2D eigenvalue weighted by atomic mass is 10.1. The smallest absolute Gasteiger partial charge is 0.0947 e. The minimum absolute atomic E-state index is 0.0289. The average Bonchev–Trinajstić information content (AvgIpc) is 2.53. The van der Waals surface area contributed by atoms with Gasteiger partial charge in [0.1, 0.15) is 0 Å². The van der Waals surface area contributed by atoms with Crippen molar-refractivity contribution in [1.82, 2.24) is 0 Å². The van der Waals surface area contributed by atoms with E-state index in [0.29, 0.717) is 5.92 Å². The van der Waals surface area contributed by atoms with E-state index < -0.39 is 0 Å². The minimum Gasteiger partial charge on any atom is -0.396 e. The van der Waals surface area contributed by atoms with E-state index in [2.05, 4.69) is 0 Å². The van der Waals surface area contributed by atoms with Crippen molar-refractivity contribution >= 4 is 0 Å². The SMILES string of the molecule is OCC(CF)C1CC1. The summed E-state index contributed by atoms with van der Waals surface area (Å²) in [4.78, 5) is 0. The zero-order valence-electron chi connectivity index (χ0n) is 4.81. The summed E-state index contributed by atoms with van der Waals surface area (Å²) in [5, 5.41) is 8.50. The Morgan fingerprint density at radius 2 is 2.25 bits per heavy atom. The Hall–Kier alpha value is -0.110. The zero-order valence-corrected chi connectivity index (χ0v) is 4.81. The number of rotatable bonds is 3. The predicted octanol–water partition coefficient (Wildman–Crippen LogP) is 0.974. The molecule has 8 heavy (non-hydrogen) atoms. The van der Waals surface area contributed by atoms with Gasteiger partial charge in [-0.05, 0) is 18.8 Å². The van der Waals surface area contributed by atoms with Gasteiger partial charge in [0.25, 0.3) is 0 Å². The highest BCUT2D eigenvalue weighted by atomic mass is 19.1. The molecule has 0 heterocycles. The van der Waals surface area contributed by atoms with E-state index in [1.165, 1.54) is 0 Å². The van der Waals surface area contributed by atoms with Crippen molar-refractivity contribution in [2.45, 2.75) is 12.8 Å². The van der Waals surface area contributed by atoms with Crippen molar-refractivity contribution in [3.63, 3.8) is 0 Å². The van der Waals surface area contributed by atoms with Gasteiger partial charge in [-0.15, -0.1) is 0 Å². The lowest BCUT2D eigenvalue weighted by molar-refractivity contribution is 0.181. The number of hydrogen-bond acceptors (Lipinski definition) is 1. The maximum absolute atomic E-state index is 11.8. The molecule has 0 radical (unpaired) electrons. The van der Waals surface area contributed by atoms with Crippen molar-refractivity contribution in [3.05, 3.63) is 0 Å². The van der Waals surface area contributed by atoms with Crippen LogP contribution >= 0.6 is 0 Å². The average molecular weight is 118 g/mol. The molecule has 1 aliphatic rings. The zero-order chi connectivity index (χ0) is 5.98. The van der Waals surface area contributed by atoms with Crippen LogP contribution < -0.4 is 0 Å². The highest BCUT2D eigenvalue weighted by Crippen LogP contribution is 2.36. The molecule has 1 unspecified atom stereocenters. The van der Waals surface area contributed by atoms with Gasteiger partial charge < -0.3 is 5.11 Å². The van der Waals surface area contributed by atoms with E-state index in [-0.39, 0.29) is 19.2 Å². The van der Waals surface area contributed by atoms with Gasteiger partial charge in [-0.3, -0.25) is 4.39 Å². The van der Waals surface area contributed by atoms with Crippen LogP contribution in [0, 0.1) is 11.8 Å². The maximum Gasteiger partial charge on any atom is 0.0947 e. The van der Waals surface area contributed by atoms with Crippen LogP contribution in [-0.4, -0.2) is 18.4 Å². The number of halogens is 1. The molecule has 0 aromatic rings. The summed E-state index contributed by atoms with van der Waals surface area (Å²) in [6, 6.07) is 0. The van der Waals surface area contributed by atoms with Gasteiger partial charge in [-0.2, -0.15) is 0 Å². The third kappa shape index (κ3) is 1.19. The largest absolute Gasteiger partial charge is 0.396 e. The van der Waals surface area contributed by atoms with E-state index in [9.17, 15) is 4.39 Å². The number of aliphatic hydroxyl groups excluding tert-OH is 1. The molecule has 1 fully saturated rings. The summed E-state index contributed by atoms with van der Waals surface area (Å²) in [6.07, 6.45) is 2.24. The molecule has 0 saturated heterocycles. The van der Waals surface area contributed by atoms with Crippen LogP contribution in [0.25, 0.3) is 0 Å². The first-order chi connectivity index (χ1) is 3.88. The third-order valence-corrected chi connectivity index (χ3v) is 1.72. The minimum atomic E-state index is -0.346. The molecule has 0 spiro atoms. The Morgan fingerprint density at radius 1 is 1.62 bits per heavy atom. The molecule has 1 nitrogen and oxygen atoms in total. The van der Waals surface area contributed by atoms with Crippen molar-refractivity contribution < 1.29 is 9.50 Å². The van der Waals surface area contributed by atoms with Gasteiger partial charge in [0.2, 0.25) is 0 Å². The first-order valence-corrected chi connectivity index (χ1v) is 3.05. The summed E-state index contributed by atoms with van der Waals surface area (Å²) in [5.74, 6) is 0.458. The van der Waals surface area contributed by atoms with Crippen LogP contribution in [0.4, 0.5) is 4.39 Å². The molecule has 0 aliphatic heterocycles. The fourth-order valence-corrected chi connectivity index (χ4v) is 0.891. The van der Waals surface area contributed by atoms with Crippen LogP contribution in [0.1, 0.15) is 12.8 Å². The topological polar surface area (TPSA) is 20.2 Å². The van der Waals surface area contributed by atoms with E-state index in [4.69, 9.17) is 5.11 Å². The molecule has 1 N–H and O–H groups in total. The summed E-state index contributed by atoms with van der Waals surface area (Å²) >= 11 is 0. The second-order valence-corrected chi connectivity index (χ2v) is 2.43. The van der Waals surface area contributed by atoms with Gasteiger partial charge in [0, 0.05) is 12.5 Å². The van der Waals surface area contributed by atoms with Gasteiger partial charge >= 0.3 is 0 Å². The lowest BCUT2D eigenvalue weighted by Crippen LogP contribution is -2.09. The van der Waals surface area contributed by atoms with E-state index in [1.807, 2.05) is 0 Å². The Balaban J connectivity index is 2.15. The molecule has 2 heteroatoms. The molecule has 1 rings (SSSR count). The first-order valence-electron chi connectivity index (χ1n) is 3.05. The molecule has 48 valence electrons. The fraction of sp³-hybridized carbons (Fsp3) is 1.00. The molecule has 1 saturated carbocycles. The van der Waals surface area contributed by atoms with Gasteiger partial charge in [-0.25, -0.2) is 0 Å². The second kappa shape index (κ2) is 2.44. The van der Waals surface area contributed by atoms with Crippen molar-refractivity contribution in [2.24, 2.45) is 11.8 Å². The van der Waals surface area contributed by atoms with Crippen molar-refractivity contribution in [1.29, 1.82) is 0 Å². The number of alkyl halides is 1. The Bertz CT molecular complexity index is 66.9. The summed E-state index contributed by atoms with van der Waals surface area (Å²) in [7, 11) is 0. The lowest BCUT2D eigenvalue weighted by Gasteiger charge is -2.04. The summed E-state index contributed by atoms with van der Waals surface area (Å²) in [6.45, 7) is -0.317. The van der Waals surface area contributed by atoms with Crippen LogP contribution in [-0.2, 0) is 0 Å². The van der Waals surface area contributed by atoms with Gasteiger partial charge in [-0.1, -0.05) is 0 Å². The van der Waals surface area contributed by atoms with Crippen LogP contribution in [0.2, 0.25) is 0 Å². The summed E-state index contributed by atoms with van der Waals surface area (Å²) < 4.78 is 11.8. The monoisotopic (exact) mass is 118 g/mol. The molecule has 0 amide bonds. The molecular formula is C6H11FO. The van der Waals surface area contributed by atoms with Crippen LogP contribution in [0.5, 0.6) is 0 Å². The third-order valence-electron chi connectivity index (χ3n) is 1.72. The highest BCUT2D eigenvalue weighted by Gasteiger charge is 2.30. The van der Waals surface area contributed by atoms with Crippen molar-refractivity contribution in [3.8, 4) is 0 Å². The molecule has 1 aliphatic carbocycles. The van der Waals surface area contributed by atoms with E-state index in [1.54, 1.807) is 0 Å². The summed E-state index contributed by atoms with van der Waals surface area (Å²) in [5.41, 5.74) is 0. The van der Waals surface area contributed by atoms with Gasteiger partial charge in [0.15, 0.2) is 0 Å².